The highest BCUT2D eigenvalue weighted by molar-refractivity contribution is 5.59. The monoisotopic (exact) mass is 264 g/mol. The summed E-state index contributed by atoms with van der Waals surface area (Å²) in [5, 5.41) is 3.52. The van der Waals surface area contributed by atoms with Gasteiger partial charge in [-0.25, -0.2) is 0 Å². The molecule has 19 heavy (non-hydrogen) atoms. The second-order valence-corrected chi connectivity index (χ2v) is 5.15. The second-order valence-electron chi connectivity index (χ2n) is 5.15. The van der Waals surface area contributed by atoms with Crippen molar-refractivity contribution in [1.82, 2.24) is 0 Å². The zero-order valence-electron chi connectivity index (χ0n) is 11.8. The lowest BCUT2D eigenvalue weighted by atomic mass is 10.2. The van der Waals surface area contributed by atoms with Crippen molar-refractivity contribution in [3.8, 4) is 5.75 Å². The molecular weight excluding hydrogens is 240 g/mol. The van der Waals surface area contributed by atoms with E-state index >= 15 is 0 Å². The van der Waals surface area contributed by atoms with Crippen molar-refractivity contribution in [2.45, 2.75) is 44.8 Å². The average Bonchev–Trinajstić information content (AvgIpc) is 2.83. The number of nitrogen functional groups attached to an aromatic ring is 1. The average molecular weight is 264 g/mol. The van der Waals surface area contributed by atoms with E-state index in [2.05, 4.69) is 12.2 Å². The lowest BCUT2D eigenvalue weighted by Gasteiger charge is -2.16. The quantitative estimate of drug-likeness (QED) is 0.775. The zero-order chi connectivity index (χ0) is 13.7. The van der Waals surface area contributed by atoms with Crippen LogP contribution in [-0.2, 0) is 4.74 Å². The predicted octanol–water partition coefficient (Wildman–Crippen LogP) is 3.04. The van der Waals surface area contributed by atoms with Gasteiger partial charge >= 0.3 is 0 Å². The molecule has 1 aliphatic rings. The van der Waals surface area contributed by atoms with Crippen LogP contribution in [0.2, 0.25) is 0 Å². The van der Waals surface area contributed by atoms with E-state index < -0.39 is 0 Å². The van der Waals surface area contributed by atoms with Crippen molar-refractivity contribution < 1.29 is 9.47 Å². The number of anilines is 2. The summed E-state index contributed by atoms with van der Waals surface area (Å²) in [4.78, 5) is 0. The van der Waals surface area contributed by atoms with Crippen LogP contribution in [0.25, 0.3) is 0 Å². The SMILES string of the molecule is CCCOc1cc(N)cc(NC2CCC(OC)C2)c1. The van der Waals surface area contributed by atoms with Crippen molar-refractivity contribution in [3.05, 3.63) is 18.2 Å². The lowest BCUT2D eigenvalue weighted by Crippen LogP contribution is -2.17. The number of nitrogens with one attached hydrogen (secondary N) is 1. The lowest BCUT2D eigenvalue weighted by molar-refractivity contribution is 0.108. The highest BCUT2D eigenvalue weighted by Crippen LogP contribution is 2.28. The van der Waals surface area contributed by atoms with E-state index in [0.29, 0.717) is 12.1 Å². The zero-order valence-corrected chi connectivity index (χ0v) is 11.8. The number of benzene rings is 1. The van der Waals surface area contributed by atoms with Gasteiger partial charge in [0.25, 0.3) is 0 Å². The fourth-order valence-electron chi connectivity index (χ4n) is 2.53. The molecule has 0 aromatic heterocycles. The summed E-state index contributed by atoms with van der Waals surface area (Å²) in [5.41, 5.74) is 7.68. The molecule has 4 nitrogen and oxygen atoms in total. The van der Waals surface area contributed by atoms with Crippen LogP contribution < -0.4 is 15.8 Å². The van der Waals surface area contributed by atoms with Crippen LogP contribution in [0.4, 0.5) is 11.4 Å². The molecule has 0 heterocycles. The van der Waals surface area contributed by atoms with Gasteiger partial charge in [-0.15, -0.1) is 0 Å². The summed E-state index contributed by atoms with van der Waals surface area (Å²) in [7, 11) is 1.78. The Morgan fingerprint density at radius 3 is 2.84 bits per heavy atom. The Labute approximate surface area is 115 Å². The summed E-state index contributed by atoms with van der Waals surface area (Å²) in [6.07, 6.45) is 4.69. The van der Waals surface area contributed by atoms with Crippen molar-refractivity contribution in [2.75, 3.05) is 24.8 Å². The van der Waals surface area contributed by atoms with Crippen LogP contribution in [0.15, 0.2) is 18.2 Å². The van der Waals surface area contributed by atoms with Gasteiger partial charge < -0.3 is 20.5 Å². The van der Waals surface area contributed by atoms with Crippen LogP contribution in [-0.4, -0.2) is 25.9 Å². The molecule has 3 N–H and O–H groups in total. The Balaban J connectivity index is 1.97. The Hall–Kier alpha value is -1.42. The predicted molar refractivity (Wildman–Crippen MR) is 78.7 cm³/mol. The van der Waals surface area contributed by atoms with Gasteiger partial charge in [-0.3, -0.25) is 0 Å². The van der Waals surface area contributed by atoms with E-state index in [-0.39, 0.29) is 0 Å². The van der Waals surface area contributed by atoms with Crippen molar-refractivity contribution in [1.29, 1.82) is 0 Å². The number of nitrogens with two attached hydrogens (primary N) is 1. The first kappa shape index (κ1) is 14.0. The van der Waals surface area contributed by atoms with E-state index in [1.54, 1.807) is 7.11 Å². The molecular formula is C15H24N2O2. The van der Waals surface area contributed by atoms with Crippen LogP contribution in [0.1, 0.15) is 32.6 Å². The molecule has 0 bridgehead atoms. The number of methoxy groups -OCH3 is 1. The normalized spacial score (nSPS) is 22.4. The Morgan fingerprint density at radius 1 is 1.32 bits per heavy atom. The van der Waals surface area contributed by atoms with Crippen LogP contribution in [0, 0.1) is 0 Å². The summed E-state index contributed by atoms with van der Waals surface area (Å²) in [5.74, 6) is 0.839. The third kappa shape index (κ3) is 4.03. The fraction of sp³-hybridized carbons (Fsp3) is 0.600. The first-order valence-electron chi connectivity index (χ1n) is 7.04. The smallest absolute Gasteiger partial charge is 0.123 e. The summed E-state index contributed by atoms with van der Waals surface area (Å²) in [6, 6.07) is 6.31. The van der Waals surface area contributed by atoms with Crippen molar-refractivity contribution in [2.24, 2.45) is 0 Å². The molecule has 0 saturated heterocycles. The molecule has 2 rings (SSSR count). The largest absolute Gasteiger partial charge is 0.493 e. The van der Waals surface area contributed by atoms with Gasteiger partial charge in [0.2, 0.25) is 0 Å². The van der Waals surface area contributed by atoms with Gasteiger partial charge in [-0.1, -0.05) is 6.92 Å². The Bertz CT molecular complexity index is 409. The van der Waals surface area contributed by atoms with Gasteiger partial charge in [0.1, 0.15) is 5.75 Å². The molecule has 4 heteroatoms. The Kier molecular flexibility index (Phi) is 4.91. The highest BCUT2D eigenvalue weighted by atomic mass is 16.5. The Morgan fingerprint density at radius 2 is 2.16 bits per heavy atom. The van der Waals surface area contributed by atoms with Crippen LogP contribution in [0.3, 0.4) is 0 Å². The maximum absolute atomic E-state index is 5.91. The minimum Gasteiger partial charge on any atom is -0.493 e. The maximum atomic E-state index is 5.91. The van der Waals surface area contributed by atoms with Gasteiger partial charge in [0.05, 0.1) is 12.7 Å². The fourth-order valence-corrected chi connectivity index (χ4v) is 2.53. The number of hydrogen-bond acceptors (Lipinski definition) is 4. The third-order valence-electron chi connectivity index (χ3n) is 3.49. The van der Waals surface area contributed by atoms with E-state index in [1.165, 1.54) is 0 Å². The summed E-state index contributed by atoms with van der Waals surface area (Å²) >= 11 is 0. The van der Waals surface area contributed by atoms with Crippen molar-refractivity contribution >= 4 is 11.4 Å². The number of rotatable bonds is 6. The molecule has 0 radical (unpaired) electrons. The summed E-state index contributed by atoms with van der Waals surface area (Å²) < 4.78 is 11.0. The van der Waals surface area contributed by atoms with Gasteiger partial charge in [-0.05, 0) is 31.7 Å². The van der Waals surface area contributed by atoms with Gasteiger partial charge in [0, 0.05) is 36.7 Å². The third-order valence-corrected chi connectivity index (χ3v) is 3.49. The molecule has 106 valence electrons. The molecule has 1 fully saturated rings. The molecule has 2 unspecified atom stereocenters. The van der Waals surface area contributed by atoms with Crippen LogP contribution >= 0.6 is 0 Å². The standard InChI is InChI=1S/C15H24N2O2/c1-3-6-19-15-8-11(16)7-13(10-15)17-12-4-5-14(9-12)18-2/h7-8,10,12,14,17H,3-6,9,16H2,1-2H3. The van der Waals surface area contributed by atoms with Crippen molar-refractivity contribution in [3.63, 3.8) is 0 Å². The molecule has 1 aliphatic carbocycles. The topological polar surface area (TPSA) is 56.5 Å². The highest BCUT2D eigenvalue weighted by Gasteiger charge is 2.24. The number of hydrogen-bond donors (Lipinski definition) is 2. The maximum Gasteiger partial charge on any atom is 0.123 e. The van der Waals surface area contributed by atoms with E-state index in [1.807, 2.05) is 18.2 Å². The second kappa shape index (κ2) is 6.66. The molecule has 1 aromatic carbocycles. The molecule has 0 spiro atoms. The van der Waals surface area contributed by atoms with E-state index in [4.69, 9.17) is 15.2 Å². The van der Waals surface area contributed by atoms with Gasteiger partial charge in [0.15, 0.2) is 0 Å². The molecule has 2 atom stereocenters. The molecule has 1 aromatic rings. The minimum absolute atomic E-state index is 0.384. The van der Waals surface area contributed by atoms with Crippen LogP contribution in [0.5, 0.6) is 5.75 Å². The first-order chi connectivity index (χ1) is 9.21. The number of ether oxygens (including phenoxy) is 2. The minimum atomic E-state index is 0.384. The van der Waals surface area contributed by atoms with E-state index in [0.717, 1.165) is 49.4 Å². The molecule has 1 saturated carbocycles. The summed E-state index contributed by atoms with van der Waals surface area (Å²) in [6.45, 7) is 2.81. The van der Waals surface area contributed by atoms with E-state index in [9.17, 15) is 0 Å². The first-order valence-corrected chi connectivity index (χ1v) is 7.04. The molecule has 0 amide bonds. The molecule has 0 aliphatic heterocycles. The van der Waals surface area contributed by atoms with Gasteiger partial charge in [-0.2, -0.15) is 0 Å².